The summed E-state index contributed by atoms with van der Waals surface area (Å²) in [5.41, 5.74) is 2.54. The molecule has 0 unspecified atom stereocenters. The molecule has 0 saturated carbocycles. The third-order valence-electron chi connectivity index (χ3n) is 2.74. The van der Waals surface area contributed by atoms with Crippen LogP contribution in [0.2, 0.25) is 5.02 Å². The monoisotopic (exact) mass is 337 g/mol. The van der Waals surface area contributed by atoms with Gasteiger partial charge in [0.1, 0.15) is 10.4 Å². The zero-order chi connectivity index (χ0) is 13.4. The second-order valence-electron chi connectivity index (χ2n) is 3.93. The first-order chi connectivity index (χ1) is 9.17. The van der Waals surface area contributed by atoms with Crippen molar-refractivity contribution in [1.29, 1.82) is 0 Å². The van der Waals surface area contributed by atoms with Crippen LogP contribution in [0.25, 0.3) is 16.9 Å². The van der Waals surface area contributed by atoms with Crippen LogP contribution in [0.5, 0.6) is 5.75 Å². The van der Waals surface area contributed by atoms with Crippen LogP contribution in [0.15, 0.2) is 41.1 Å². The Balaban J connectivity index is 2.10. The number of imidazole rings is 1. The van der Waals surface area contributed by atoms with Crippen LogP contribution in [-0.2, 0) is 0 Å². The molecule has 0 aliphatic rings. The number of fused-ring (bicyclic) bond motifs is 1. The molecule has 2 heterocycles. The fourth-order valence-corrected chi connectivity index (χ4v) is 2.47. The second kappa shape index (κ2) is 4.83. The van der Waals surface area contributed by atoms with Gasteiger partial charge in [-0.15, -0.1) is 0 Å². The smallest absolute Gasteiger partial charge is 0.154 e. The minimum absolute atomic E-state index is 0.564. The molecular weight excluding hydrogens is 330 g/mol. The van der Waals surface area contributed by atoms with Crippen LogP contribution in [0.1, 0.15) is 0 Å². The van der Waals surface area contributed by atoms with Gasteiger partial charge in [0.2, 0.25) is 0 Å². The van der Waals surface area contributed by atoms with Crippen LogP contribution in [0.3, 0.4) is 0 Å². The molecule has 0 fully saturated rings. The molecule has 1 aromatic carbocycles. The second-order valence-corrected chi connectivity index (χ2v) is 5.15. The molecular formula is C13H9BrClN3O. The molecule has 0 saturated heterocycles. The maximum absolute atomic E-state index is 6.12. The van der Waals surface area contributed by atoms with Crippen LogP contribution in [0.4, 0.5) is 0 Å². The molecule has 96 valence electrons. The van der Waals surface area contributed by atoms with Crippen molar-refractivity contribution in [1.82, 2.24) is 14.6 Å². The predicted molar refractivity (Wildman–Crippen MR) is 77.7 cm³/mol. The minimum atomic E-state index is 0.564. The van der Waals surface area contributed by atoms with E-state index in [2.05, 4.69) is 26.0 Å². The van der Waals surface area contributed by atoms with Gasteiger partial charge in [0.15, 0.2) is 5.65 Å². The maximum Gasteiger partial charge on any atom is 0.154 e. The van der Waals surface area contributed by atoms with Gasteiger partial charge in [-0.25, -0.2) is 9.50 Å². The largest absolute Gasteiger partial charge is 0.495 e. The van der Waals surface area contributed by atoms with Crippen molar-refractivity contribution in [3.8, 4) is 17.0 Å². The zero-order valence-corrected chi connectivity index (χ0v) is 12.3. The van der Waals surface area contributed by atoms with Gasteiger partial charge in [-0.05, 0) is 46.3 Å². The third kappa shape index (κ3) is 2.31. The Morgan fingerprint density at radius 1 is 1.26 bits per heavy atom. The topological polar surface area (TPSA) is 39.4 Å². The van der Waals surface area contributed by atoms with Crippen LogP contribution in [-0.4, -0.2) is 21.7 Å². The number of benzene rings is 1. The number of rotatable bonds is 2. The Kier molecular flexibility index (Phi) is 3.16. The van der Waals surface area contributed by atoms with E-state index < -0.39 is 0 Å². The van der Waals surface area contributed by atoms with Gasteiger partial charge in [-0.2, -0.15) is 5.10 Å². The molecule has 0 spiro atoms. The lowest BCUT2D eigenvalue weighted by Gasteiger charge is -2.06. The lowest BCUT2D eigenvalue weighted by Crippen LogP contribution is -1.93. The first-order valence-corrected chi connectivity index (χ1v) is 6.70. The highest BCUT2D eigenvalue weighted by Crippen LogP contribution is 2.29. The SMILES string of the molecule is COc1ccc(-c2ccc3nc(Br)cn3n2)cc1Cl. The summed E-state index contributed by atoms with van der Waals surface area (Å²) in [4.78, 5) is 4.26. The molecule has 2 aromatic heterocycles. The summed E-state index contributed by atoms with van der Waals surface area (Å²) < 4.78 is 7.61. The summed E-state index contributed by atoms with van der Waals surface area (Å²) in [7, 11) is 1.59. The lowest BCUT2D eigenvalue weighted by atomic mass is 10.1. The first kappa shape index (κ1) is 12.4. The van der Waals surface area contributed by atoms with E-state index in [1.807, 2.05) is 36.5 Å². The quantitative estimate of drug-likeness (QED) is 0.713. The van der Waals surface area contributed by atoms with Crippen molar-refractivity contribution in [2.45, 2.75) is 0 Å². The molecule has 0 radical (unpaired) electrons. The summed E-state index contributed by atoms with van der Waals surface area (Å²) in [6, 6.07) is 9.40. The maximum atomic E-state index is 6.12. The average molecular weight is 339 g/mol. The van der Waals surface area contributed by atoms with E-state index in [4.69, 9.17) is 16.3 Å². The van der Waals surface area contributed by atoms with Crippen molar-refractivity contribution in [2.75, 3.05) is 7.11 Å². The van der Waals surface area contributed by atoms with Gasteiger partial charge in [0, 0.05) is 5.56 Å². The van der Waals surface area contributed by atoms with Crippen molar-refractivity contribution in [2.24, 2.45) is 0 Å². The molecule has 6 heteroatoms. The Labute approximate surface area is 123 Å². The van der Waals surface area contributed by atoms with E-state index in [-0.39, 0.29) is 0 Å². The van der Waals surface area contributed by atoms with E-state index in [0.29, 0.717) is 10.8 Å². The Morgan fingerprint density at radius 3 is 2.84 bits per heavy atom. The Hall–Kier alpha value is -1.59. The molecule has 0 N–H and O–H groups in total. The molecule has 0 aliphatic carbocycles. The van der Waals surface area contributed by atoms with Crippen LogP contribution < -0.4 is 4.74 Å². The number of methoxy groups -OCH3 is 1. The molecule has 3 aromatic rings. The van der Waals surface area contributed by atoms with Crippen LogP contribution in [0, 0.1) is 0 Å². The Bertz CT molecular complexity index is 757. The normalized spacial score (nSPS) is 10.9. The molecule has 3 rings (SSSR count). The van der Waals surface area contributed by atoms with Gasteiger partial charge < -0.3 is 4.74 Å². The van der Waals surface area contributed by atoms with Gasteiger partial charge in [-0.1, -0.05) is 11.6 Å². The third-order valence-corrected chi connectivity index (χ3v) is 3.42. The van der Waals surface area contributed by atoms with Crippen molar-refractivity contribution in [3.05, 3.63) is 46.2 Å². The highest BCUT2D eigenvalue weighted by molar-refractivity contribution is 9.10. The van der Waals surface area contributed by atoms with Crippen molar-refractivity contribution in [3.63, 3.8) is 0 Å². The molecule has 0 atom stereocenters. The van der Waals surface area contributed by atoms with Crippen molar-refractivity contribution >= 4 is 33.2 Å². The van der Waals surface area contributed by atoms with Gasteiger partial charge in [0.05, 0.1) is 24.0 Å². The summed E-state index contributed by atoms with van der Waals surface area (Å²) in [5.74, 6) is 0.650. The van der Waals surface area contributed by atoms with Crippen molar-refractivity contribution < 1.29 is 4.74 Å². The predicted octanol–water partition coefficient (Wildman–Crippen LogP) is 3.82. The zero-order valence-electron chi connectivity index (χ0n) is 9.97. The van der Waals surface area contributed by atoms with Crippen LogP contribution >= 0.6 is 27.5 Å². The van der Waals surface area contributed by atoms with E-state index in [9.17, 15) is 0 Å². The molecule has 19 heavy (non-hydrogen) atoms. The number of nitrogens with zero attached hydrogens (tertiary/aromatic N) is 3. The first-order valence-electron chi connectivity index (χ1n) is 5.53. The highest BCUT2D eigenvalue weighted by atomic mass is 79.9. The number of hydrogen-bond acceptors (Lipinski definition) is 3. The summed E-state index contributed by atoms with van der Waals surface area (Å²) in [5, 5.41) is 5.05. The summed E-state index contributed by atoms with van der Waals surface area (Å²) in [6.07, 6.45) is 1.81. The number of ether oxygens (including phenoxy) is 1. The van der Waals surface area contributed by atoms with E-state index in [1.54, 1.807) is 11.6 Å². The number of hydrogen-bond donors (Lipinski definition) is 0. The summed E-state index contributed by atoms with van der Waals surface area (Å²) in [6.45, 7) is 0. The molecule has 4 nitrogen and oxygen atoms in total. The Morgan fingerprint density at radius 2 is 2.11 bits per heavy atom. The van der Waals surface area contributed by atoms with E-state index in [1.165, 1.54) is 0 Å². The standard InChI is InChI=1S/C13H9BrClN3O/c1-19-11-4-2-8(6-9(11)15)10-3-5-13-16-12(14)7-18(13)17-10/h2-7H,1H3. The van der Waals surface area contributed by atoms with Gasteiger partial charge >= 0.3 is 0 Å². The molecule has 0 aliphatic heterocycles. The number of aromatic nitrogens is 3. The van der Waals surface area contributed by atoms with Gasteiger partial charge in [-0.3, -0.25) is 0 Å². The molecule has 0 bridgehead atoms. The average Bonchev–Trinajstić information content (AvgIpc) is 2.77. The van der Waals surface area contributed by atoms with E-state index >= 15 is 0 Å². The minimum Gasteiger partial charge on any atom is -0.495 e. The highest BCUT2D eigenvalue weighted by Gasteiger charge is 2.07. The fourth-order valence-electron chi connectivity index (χ4n) is 1.83. The van der Waals surface area contributed by atoms with E-state index in [0.717, 1.165) is 21.5 Å². The summed E-state index contributed by atoms with van der Waals surface area (Å²) >= 11 is 9.45. The lowest BCUT2D eigenvalue weighted by molar-refractivity contribution is 0.415. The fraction of sp³-hybridized carbons (Fsp3) is 0.0769. The van der Waals surface area contributed by atoms with Gasteiger partial charge in [0.25, 0.3) is 0 Å². The molecule has 0 amide bonds. The number of halogens is 2.